The molecule has 1 aliphatic rings. The molecule has 0 N–H and O–H groups in total. The van der Waals surface area contributed by atoms with Crippen molar-refractivity contribution in [3.8, 4) is 0 Å². The minimum Gasteiger partial charge on any atom is -0.339 e. The Kier molecular flexibility index (Phi) is 8.86. The number of piperidine rings is 1. The standard InChI is InChI=1S/C28H39FN2O/c1-4-7-8-9-19-30-20-17-28(18-21-30,25-11-10-12-26(29)22-25)24-15-13-23(14-16-24)27(32)31(5-2)6-3/h10-16,22H,4-9,17-21H2,1-3H3. The summed E-state index contributed by atoms with van der Waals surface area (Å²) >= 11 is 0. The van der Waals surface area contributed by atoms with Gasteiger partial charge in [-0.05, 0) is 88.1 Å². The molecule has 1 fully saturated rings. The number of halogens is 1. The first-order valence-electron chi connectivity index (χ1n) is 12.4. The van der Waals surface area contributed by atoms with E-state index in [4.69, 9.17) is 0 Å². The minimum atomic E-state index is -0.210. The van der Waals surface area contributed by atoms with Crippen molar-refractivity contribution >= 4 is 5.91 Å². The molecule has 0 saturated carbocycles. The van der Waals surface area contributed by atoms with E-state index in [0.717, 1.165) is 43.6 Å². The van der Waals surface area contributed by atoms with E-state index in [1.807, 2.05) is 36.9 Å². The van der Waals surface area contributed by atoms with Gasteiger partial charge in [-0.15, -0.1) is 0 Å². The molecule has 3 rings (SSSR count). The van der Waals surface area contributed by atoms with Crippen LogP contribution in [0, 0.1) is 5.82 Å². The maximum Gasteiger partial charge on any atom is 0.253 e. The van der Waals surface area contributed by atoms with E-state index in [9.17, 15) is 9.18 Å². The summed E-state index contributed by atoms with van der Waals surface area (Å²) in [4.78, 5) is 17.2. The molecular weight excluding hydrogens is 399 g/mol. The first kappa shape index (κ1) is 24.4. The highest BCUT2D eigenvalue weighted by atomic mass is 19.1. The molecule has 0 unspecified atom stereocenters. The van der Waals surface area contributed by atoms with Crippen LogP contribution in [0.3, 0.4) is 0 Å². The van der Waals surface area contributed by atoms with E-state index in [0.29, 0.717) is 13.1 Å². The Bertz CT molecular complexity index is 852. The number of amides is 1. The quantitative estimate of drug-likeness (QED) is 0.408. The Balaban J connectivity index is 1.83. The third-order valence-electron chi connectivity index (χ3n) is 7.15. The number of unbranched alkanes of at least 4 members (excludes halogenated alkanes) is 3. The highest BCUT2D eigenvalue weighted by Crippen LogP contribution is 2.42. The first-order chi connectivity index (χ1) is 15.5. The third kappa shape index (κ3) is 5.58. The highest BCUT2D eigenvalue weighted by molar-refractivity contribution is 5.94. The number of carbonyl (C=O) groups is 1. The molecule has 0 radical (unpaired) electrons. The molecule has 1 heterocycles. The second-order valence-electron chi connectivity index (χ2n) is 9.05. The third-order valence-corrected chi connectivity index (χ3v) is 7.15. The van der Waals surface area contributed by atoms with E-state index in [2.05, 4.69) is 30.0 Å². The van der Waals surface area contributed by atoms with Gasteiger partial charge in [0.1, 0.15) is 5.82 Å². The molecule has 1 saturated heterocycles. The average Bonchev–Trinajstić information content (AvgIpc) is 2.83. The number of rotatable bonds is 10. The van der Waals surface area contributed by atoms with Crippen LogP contribution in [-0.4, -0.2) is 48.4 Å². The average molecular weight is 439 g/mol. The molecule has 2 aromatic carbocycles. The lowest BCUT2D eigenvalue weighted by molar-refractivity contribution is 0.0773. The van der Waals surface area contributed by atoms with Crippen molar-refractivity contribution in [3.63, 3.8) is 0 Å². The van der Waals surface area contributed by atoms with Crippen molar-refractivity contribution in [3.05, 3.63) is 71.0 Å². The molecule has 0 aromatic heterocycles. The Morgan fingerprint density at radius 3 is 2.22 bits per heavy atom. The predicted molar refractivity (Wildman–Crippen MR) is 131 cm³/mol. The summed E-state index contributed by atoms with van der Waals surface area (Å²) in [6.07, 6.45) is 7.04. The second kappa shape index (κ2) is 11.6. The van der Waals surface area contributed by atoms with Crippen LogP contribution in [0.5, 0.6) is 0 Å². The fourth-order valence-corrected chi connectivity index (χ4v) is 5.08. The summed E-state index contributed by atoms with van der Waals surface area (Å²) in [5.41, 5.74) is 2.75. The molecule has 0 aliphatic carbocycles. The van der Waals surface area contributed by atoms with Crippen LogP contribution >= 0.6 is 0 Å². The fourth-order valence-electron chi connectivity index (χ4n) is 5.08. The number of carbonyl (C=O) groups excluding carboxylic acids is 1. The number of benzene rings is 2. The molecule has 4 heteroatoms. The van der Waals surface area contributed by atoms with E-state index < -0.39 is 0 Å². The zero-order chi connectivity index (χ0) is 23.0. The molecular formula is C28H39FN2O. The molecule has 1 amide bonds. The lowest BCUT2D eigenvalue weighted by atomic mass is 9.68. The number of nitrogens with zero attached hydrogens (tertiary/aromatic N) is 2. The molecule has 0 bridgehead atoms. The van der Waals surface area contributed by atoms with Crippen LogP contribution in [-0.2, 0) is 5.41 Å². The van der Waals surface area contributed by atoms with Crippen molar-refractivity contribution in [1.29, 1.82) is 0 Å². The van der Waals surface area contributed by atoms with Gasteiger partial charge in [0.05, 0.1) is 0 Å². The Morgan fingerprint density at radius 1 is 0.938 bits per heavy atom. The Hall–Kier alpha value is -2.20. The normalized spacial score (nSPS) is 16.1. The van der Waals surface area contributed by atoms with Crippen LogP contribution in [0.15, 0.2) is 48.5 Å². The zero-order valence-electron chi connectivity index (χ0n) is 20.1. The van der Waals surface area contributed by atoms with Crippen molar-refractivity contribution in [2.45, 2.75) is 64.7 Å². The van der Waals surface area contributed by atoms with E-state index in [-0.39, 0.29) is 17.1 Å². The molecule has 0 atom stereocenters. The first-order valence-corrected chi connectivity index (χ1v) is 12.4. The van der Waals surface area contributed by atoms with Gasteiger partial charge in [-0.3, -0.25) is 4.79 Å². The summed E-state index contributed by atoms with van der Waals surface area (Å²) in [7, 11) is 0. The van der Waals surface area contributed by atoms with Gasteiger partial charge in [-0.2, -0.15) is 0 Å². The van der Waals surface area contributed by atoms with Gasteiger partial charge in [0, 0.05) is 24.1 Å². The lowest BCUT2D eigenvalue weighted by Crippen LogP contribution is -2.43. The molecule has 0 spiro atoms. The van der Waals surface area contributed by atoms with Gasteiger partial charge in [0.15, 0.2) is 0 Å². The van der Waals surface area contributed by atoms with E-state index in [1.165, 1.54) is 37.3 Å². The van der Waals surface area contributed by atoms with E-state index in [1.54, 1.807) is 6.07 Å². The summed E-state index contributed by atoms with van der Waals surface area (Å²) in [5.74, 6) is -0.111. The number of hydrogen-bond donors (Lipinski definition) is 0. The van der Waals surface area contributed by atoms with Gasteiger partial charge in [0.25, 0.3) is 5.91 Å². The smallest absolute Gasteiger partial charge is 0.253 e. The van der Waals surface area contributed by atoms with Crippen LogP contribution in [0.2, 0.25) is 0 Å². The molecule has 1 aliphatic heterocycles. The summed E-state index contributed by atoms with van der Waals surface area (Å²) in [5, 5.41) is 0. The van der Waals surface area contributed by atoms with E-state index >= 15 is 0 Å². The van der Waals surface area contributed by atoms with Gasteiger partial charge >= 0.3 is 0 Å². The molecule has 3 nitrogen and oxygen atoms in total. The minimum absolute atomic E-state index is 0.0725. The van der Waals surface area contributed by atoms with Gasteiger partial charge < -0.3 is 9.80 Å². The Labute approximate surface area is 193 Å². The summed E-state index contributed by atoms with van der Waals surface area (Å²) in [6.45, 7) is 10.9. The van der Waals surface area contributed by atoms with Crippen LogP contribution < -0.4 is 0 Å². The van der Waals surface area contributed by atoms with Crippen LogP contribution in [0.4, 0.5) is 4.39 Å². The van der Waals surface area contributed by atoms with Gasteiger partial charge in [-0.1, -0.05) is 50.5 Å². The van der Waals surface area contributed by atoms with Crippen molar-refractivity contribution in [1.82, 2.24) is 9.80 Å². The SMILES string of the molecule is CCCCCCN1CCC(c2ccc(C(=O)N(CC)CC)cc2)(c2cccc(F)c2)CC1. The van der Waals surface area contributed by atoms with Gasteiger partial charge in [-0.25, -0.2) is 4.39 Å². The maximum absolute atomic E-state index is 14.2. The van der Waals surface area contributed by atoms with Crippen molar-refractivity contribution in [2.24, 2.45) is 0 Å². The lowest BCUT2D eigenvalue weighted by Gasteiger charge is -2.43. The summed E-state index contributed by atoms with van der Waals surface area (Å²) < 4.78 is 14.2. The van der Waals surface area contributed by atoms with Gasteiger partial charge in [0.2, 0.25) is 0 Å². The van der Waals surface area contributed by atoms with Crippen molar-refractivity contribution in [2.75, 3.05) is 32.7 Å². The predicted octanol–water partition coefficient (Wildman–Crippen LogP) is 6.27. The largest absolute Gasteiger partial charge is 0.339 e. The second-order valence-corrected chi connectivity index (χ2v) is 9.05. The molecule has 32 heavy (non-hydrogen) atoms. The maximum atomic E-state index is 14.2. The molecule has 174 valence electrons. The monoisotopic (exact) mass is 438 g/mol. The summed E-state index contributed by atoms with van der Waals surface area (Å²) in [6, 6.07) is 15.2. The topological polar surface area (TPSA) is 23.6 Å². The number of likely N-dealkylation sites (tertiary alicyclic amines) is 1. The Morgan fingerprint density at radius 2 is 1.62 bits per heavy atom. The highest BCUT2D eigenvalue weighted by Gasteiger charge is 2.38. The molecule has 2 aromatic rings. The zero-order valence-corrected chi connectivity index (χ0v) is 20.1. The fraction of sp³-hybridized carbons (Fsp3) is 0.536. The van der Waals surface area contributed by atoms with Crippen LogP contribution in [0.1, 0.15) is 80.8 Å². The van der Waals surface area contributed by atoms with Crippen molar-refractivity contribution < 1.29 is 9.18 Å². The van der Waals surface area contributed by atoms with Crippen LogP contribution in [0.25, 0.3) is 0 Å². The number of hydrogen-bond acceptors (Lipinski definition) is 2.